The van der Waals surface area contributed by atoms with E-state index in [1.54, 1.807) is 6.07 Å². The van der Waals surface area contributed by atoms with Gasteiger partial charge in [0.15, 0.2) is 0 Å². The van der Waals surface area contributed by atoms with E-state index in [0.29, 0.717) is 12.1 Å². The van der Waals surface area contributed by atoms with Gasteiger partial charge in [-0.25, -0.2) is 4.39 Å². The van der Waals surface area contributed by atoms with Crippen molar-refractivity contribution in [1.29, 1.82) is 0 Å². The van der Waals surface area contributed by atoms with E-state index in [1.165, 1.54) is 6.07 Å². The van der Waals surface area contributed by atoms with Crippen LogP contribution in [0.15, 0.2) is 46.9 Å². The van der Waals surface area contributed by atoms with Crippen LogP contribution >= 0.6 is 15.9 Å². The van der Waals surface area contributed by atoms with Gasteiger partial charge in [-0.2, -0.15) is 0 Å². The maximum Gasteiger partial charge on any atom is 0.127 e. The van der Waals surface area contributed by atoms with Gasteiger partial charge < -0.3 is 5.73 Å². The third-order valence-electron chi connectivity index (χ3n) is 2.88. The second-order valence-corrected chi connectivity index (χ2v) is 5.57. The molecule has 2 N–H and O–H groups in total. The number of nitrogens with zero attached hydrogens (tertiary/aromatic N) is 1. The smallest absolute Gasteiger partial charge is 0.127 e. The summed E-state index contributed by atoms with van der Waals surface area (Å²) >= 11 is 3.36. The molecule has 2 aromatic rings. The molecule has 19 heavy (non-hydrogen) atoms. The molecular formula is C15H16BrFN2. The Morgan fingerprint density at radius 2 is 1.79 bits per heavy atom. The van der Waals surface area contributed by atoms with Gasteiger partial charge in [0.05, 0.1) is 0 Å². The monoisotopic (exact) mass is 322 g/mol. The van der Waals surface area contributed by atoms with Gasteiger partial charge in [-0.1, -0.05) is 28.1 Å². The summed E-state index contributed by atoms with van der Waals surface area (Å²) in [5.41, 5.74) is 8.25. The zero-order valence-corrected chi connectivity index (χ0v) is 12.3. The Morgan fingerprint density at radius 3 is 2.47 bits per heavy atom. The lowest BCUT2D eigenvalue weighted by atomic mass is 10.1. The van der Waals surface area contributed by atoms with Crippen molar-refractivity contribution < 1.29 is 4.39 Å². The lowest BCUT2D eigenvalue weighted by Crippen LogP contribution is -2.18. The van der Waals surface area contributed by atoms with Crippen molar-refractivity contribution in [3.05, 3.63) is 63.9 Å². The average Bonchev–Trinajstić information content (AvgIpc) is 2.37. The molecule has 0 saturated heterocycles. The Hall–Kier alpha value is -1.39. The van der Waals surface area contributed by atoms with Gasteiger partial charge in [-0.3, -0.25) is 4.90 Å². The first kappa shape index (κ1) is 14.0. The molecule has 0 aliphatic rings. The van der Waals surface area contributed by atoms with Crippen LogP contribution in [0, 0.1) is 5.82 Å². The predicted molar refractivity (Wildman–Crippen MR) is 80.1 cm³/mol. The predicted octanol–water partition coefficient (Wildman–Crippen LogP) is 3.80. The fraction of sp³-hybridized carbons (Fsp3) is 0.200. The van der Waals surface area contributed by atoms with Gasteiger partial charge in [0, 0.05) is 28.8 Å². The molecule has 0 heterocycles. The van der Waals surface area contributed by atoms with Crippen LogP contribution < -0.4 is 5.73 Å². The Balaban J connectivity index is 2.02. The molecule has 2 rings (SSSR count). The summed E-state index contributed by atoms with van der Waals surface area (Å²) < 4.78 is 14.6. The van der Waals surface area contributed by atoms with Gasteiger partial charge in [-0.15, -0.1) is 0 Å². The zero-order valence-electron chi connectivity index (χ0n) is 10.7. The van der Waals surface area contributed by atoms with Crippen LogP contribution in [0.3, 0.4) is 0 Å². The van der Waals surface area contributed by atoms with Gasteiger partial charge >= 0.3 is 0 Å². The molecule has 0 atom stereocenters. The highest BCUT2D eigenvalue weighted by Gasteiger charge is 2.07. The second kappa shape index (κ2) is 6.17. The van der Waals surface area contributed by atoms with Crippen molar-refractivity contribution in [3.8, 4) is 0 Å². The number of benzene rings is 2. The molecule has 2 aromatic carbocycles. The molecule has 4 heteroatoms. The van der Waals surface area contributed by atoms with Crippen LogP contribution in [0.2, 0.25) is 0 Å². The van der Waals surface area contributed by atoms with E-state index in [2.05, 4.69) is 20.8 Å². The van der Waals surface area contributed by atoms with E-state index < -0.39 is 0 Å². The van der Waals surface area contributed by atoms with Crippen molar-refractivity contribution in [2.24, 2.45) is 0 Å². The maximum absolute atomic E-state index is 13.7. The number of nitrogens with two attached hydrogens (primary N) is 1. The summed E-state index contributed by atoms with van der Waals surface area (Å²) in [6.07, 6.45) is 0. The largest absolute Gasteiger partial charge is 0.399 e. The third-order valence-corrected chi connectivity index (χ3v) is 3.37. The van der Waals surface area contributed by atoms with E-state index in [1.807, 2.05) is 37.4 Å². The number of rotatable bonds is 4. The molecule has 100 valence electrons. The lowest BCUT2D eigenvalue weighted by Gasteiger charge is -2.17. The van der Waals surface area contributed by atoms with E-state index in [-0.39, 0.29) is 5.82 Å². The van der Waals surface area contributed by atoms with E-state index in [4.69, 9.17) is 5.73 Å². The Bertz CT molecular complexity index is 555. The summed E-state index contributed by atoms with van der Waals surface area (Å²) in [7, 11) is 1.97. The van der Waals surface area contributed by atoms with Crippen LogP contribution in [0.25, 0.3) is 0 Å². The van der Waals surface area contributed by atoms with Gasteiger partial charge in [0.1, 0.15) is 5.82 Å². The first-order valence-electron chi connectivity index (χ1n) is 6.01. The first-order valence-corrected chi connectivity index (χ1v) is 6.81. The quantitative estimate of drug-likeness (QED) is 0.867. The SMILES string of the molecule is CN(Cc1ccc(N)cc1)Cc1cc(Br)ccc1F. The minimum Gasteiger partial charge on any atom is -0.399 e. The van der Waals surface area contributed by atoms with Crippen molar-refractivity contribution in [2.75, 3.05) is 12.8 Å². The van der Waals surface area contributed by atoms with Crippen LogP contribution in [-0.2, 0) is 13.1 Å². The van der Waals surface area contributed by atoms with Crippen LogP contribution in [-0.4, -0.2) is 11.9 Å². The number of anilines is 1. The number of hydrogen-bond acceptors (Lipinski definition) is 2. The Kier molecular flexibility index (Phi) is 4.56. The molecule has 0 fully saturated rings. The molecule has 0 aliphatic carbocycles. The molecule has 0 spiro atoms. The van der Waals surface area contributed by atoms with Gasteiger partial charge in [0.2, 0.25) is 0 Å². The standard InChI is InChI=1S/C15H16BrFN2/c1-19(9-11-2-5-14(18)6-3-11)10-12-8-13(16)4-7-15(12)17/h2-8H,9-10,18H2,1H3. The van der Waals surface area contributed by atoms with E-state index in [0.717, 1.165) is 22.3 Å². The van der Waals surface area contributed by atoms with E-state index in [9.17, 15) is 4.39 Å². The van der Waals surface area contributed by atoms with E-state index >= 15 is 0 Å². The second-order valence-electron chi connectivity index (χ2n) is 4.65. The summed E-state index contributed by atoms with van der Waals surface area (Å²) in [6.45, 7) is 1.32. The first-order chi connectivity index (χ1) is 9.04. The summed E-state index contributed by atoms with van der Waals surface area (Å²) in [5, 5.41) is 0. The van der Waals surface area contributed by atoms with Crippen molar-refractivity contribution >= 4 is 21.6 Å². The molecule has 0 radical (unpaired) electrons. The third kappa shape index (κ3) is 4.04. The van der Waals surface area contributed by atoms with Crippen LogP contribution in [0.1, 0.15) is 11.1 Å². The summed E-state index contributed by atoms with van der Waals surface area (Å²) in [5.74, 6) is -0.174. The highest BCUT2D eigenvalue weighted by molar-refractivity contribution is 9.10. The van der Waals surface area contributed by atoms with Crippen molar-refractivity contribution in [1.82, 2.24) is 4.90 Å². The molecular weight excluding hydrogens is 307 g/mol. The molecule has 0 amide bonds. The number of hydrogen-bond donors (Lipinski definition) is 1. The lowest BCUT2D eigenvalue weighted by molar-refractivity contribution is 0.313. The van der Waals surface area contributed by atoms with Crippen molar-refractivity contribution in [3.63, 3.8) is 0 Å². The minimum absolute atomic E-state index is 0.174. The highest BCUT2D eigenvalue weighted by Crippen LogP contribution is 2.18. The summed E-state index contributed by atoms with van der Waals surface area (Å²) in [4.78, 5) is 2.07. The molecule has 0 unspecified atom stereocenters. The molecule has 0 saturated carbocycles. The van der Waals surface area contributed by atoms with Crippen LogP contribution in [0.5, 0.6) is 0 Å². The molecule has 0 aliphatic heterocycles. The Labute approximate surface area is 121 Å². The normalized spacial score (nSPS) is 10.9. The number of halogens is 2. The molecule has 0 bridgehead atoms. The van der Waals surface area contributed by atoms with Crippen molar-refractivity contribution in [2.45, 2.75) is 13.1 Å². The maximum atomic E-state index is 13.7. The fourth-order valence-electron chi connectivity index (χ4n) is 1.95. The van der Waals surface area contributed by atoms with Gasteiger partial charge in [0.25, 0.3) is 0 Å². The van der Waals surface area contributed by atoms with Crippen LogP contribution in [0.4, 0.5) is 10.1 Å². The fourth-order valence-corrected chi connectivity index (χ4v) is 2.35. The molecule has 2 nitrogen and oxygen atoms in total. The minimum atomic E-state index is -0.174. The topological polar surface area (TPSA) is 29.3 Å². The number of nitrogen functional groups attached to an aromatic ring is 1. The Morgan fingerprint density at radius 1 is 1.11 bits per heavy atom. The van der Waals surface area contributed by atoms with Gasteiger partial charge in [-0.05, 0) is 42.9 Å². The highest BCUT2D eigenvalue weighted by atomic mass is 79.9. The zero-order chi connectivity index (χ0) is 13.8. The summed E-state index contributed by atoms with van der Waals surface area (Å²) in [6, 6.07) is 12.7. The average molecular weight is 323 g/mol. The molecule has 0 aromatic heterocycles.